The fourth-order valence-corrected chi connectivity index (χ4v) is 2.43. The molecule has 1 aliphatic carbocycles. The summed E-state index contributed by atoms with van der Waals surface area (Å²) in [6, 6.07) is 8.63. The molecule has 1 heterocycles. The first kappa shape index (κ1) is 11.9. The molecular weight excluding hydrogens is 310 g/mol. The zero-order chi connectivity index (χ0) is 12.5. The number of halogens is 1. The number of hydrogen-bond acceptors (Lipinski definition) is 2. The van der Waals surface area contributed by atoms with E-state index >= 15 is 0 Å². The molecular formula is C13H12BrN3S. The quantitative estimate of drug-likeness (QED) is 0.831. The Morgan fingerprint density at radius 1 is 1.39 bits per heavy atom. The summed E-state index contributed by atoms with van der Waals surface area (Å²) in [5.74, 6) is 0. The molecule has 0 bridgehead atoms. The first-order valence-corrected chi connectivity index (χ1v) is 7.04. The van der Waals surface area contributed by atoms with Gasteiger partial charge in [0.2, 0.25) is 0 Å². The molecule has 1 saturated carbocycles. The Balaban J connectivity index is 1.88. The number of anilines is 1. The van der Waals surface area contributed by atoms with Crippen LogP contribution >= 0.6 is 28.1 Å². The Bertz CT molecular complexity index is 610. The number of para-hydroxylation sites is 1. The topological polar surface area (TPSA) is 37.0 Å². The summed E-state index contributed by atoms with van der Waals surface area (Å²) in [4.78, 5) is 4.43. The normalized spacial score (nSPS) is 14.5. The third-order valence-corrected chi connectivity index (χ3v) is 3.49. The van der Waals surface area contributed by atoms with E-state index in [0.29, 0.717) is 11.2 Å². The van der Waals surface area contributed by atoms with E-state index in [1.165, 1.54) is 12.8 Å². The van der Waals surface area contributed by atoms with Gasteiger partial charge < -0.3 is 10.6 Å². The van der Waals surface area contributed by atoms with E-state index in [0.717, 1.165) is 21.1 Å². The summed E-state index contributed by atoms with van der Waals surface area (Å²) in [6.07, 6.45) is 4.22. The largest absolute Gasteiger partial charge is 0.360 e. The lowest BCUT2D eigenvalue weighted by Gasteiger charge is -2.11. The van der Waals surface area contributed by atoms with Crippen molar-refractivity contribution in [3.8, 4) is 0 Å². The summed E-state index contributed by atoms with van der Waals surface area (Å²) in [6.45, 7) is 0. The first-order valence-electron chi connectivity index (χ1n) is 5.84. The van der Waals surface area contributed by atoms with Gasteiger partial charge in [-0.1, -0.05) is 12.1 Å². The average molecular weight is 322 g/mol. The van der Waals surface area contributed by atoms with Crippen LogP contribution in [-0.4, -0.2) is 16.1 Å². The highest BCUT2D eigenvalue weighted by molar-refractivity contribution is 9.10. The van der Waals surface area contributed by atoms with E-state index in [-0.39, 0.29) is 0 Å². The summed E-state index contributed by atoms with van der Waals surface area (Å²) in [5.41, 5.74) is 1.87. The van der Waals surface area contributed by atoms with E-state index in [9.17, 15) is 0 Å². The molecule has 0 spiro atoms. The predicted molar refractivity (Wildman–Crippen MR) is 81.8 cm³/mol. The Hall–Kier alpha value is -1.20. The van der Waals surface area contributed by atoms with Gasteiger partial charge in [0, 0.05) is 22.1 Å². The molecule has 1 aromatic heterocycles. The Labute approximate surface area is 119 Å². The minimum Gasteiger partial charge on any atom is -0.360 e. The van der Waals surface area contributed by atoms with Gasteiger partial charge in [-0.15, -0.1) is 0 Å². The number of nitrogens with zero attached hydrogens (tertiary/aromatic N) is 1. The number of rotatable bonds is 2. The molecule has 5 heteroatoms. The number of hydrogen-bond donors (Lipinski definition) is 2. The van der Waals surface area contributed by atoms with E-state index in [2.05, 4.69) is 31.5 Å². The summed E-state index contributed by atoms with van der Waals surface area (Å²) >= 11 is 8.71. The van der Waals surface area contributed by atoms with Crippen LogP contribution in [0.4, 0.5) is 5.69 Å². The highest BCUT2D eigenvalue weighted by Crippen LogP contribution is 2.24. The van der Waals surface area contributed by atoms with Crippen molar-refractivity contribution in [2.24, 2.45) is 0 Å². The fourth-order valence-electron chi connectivity index (χ4n) is 1.81. The monoisotopic (exact) mass is 321 g/mol. The number of thiocarbonyl (C=S) groups is 1. The van der Waals surface area contributed by atoms with Crippen LogP contribution in [-0.2, 0) is 0 Å². The van der Waals surface area contributed by atoms with E-state index in [1.807, 2.05) is 24.3 Å². The highest BCUT2D eigenvalue weighted by atomic mass is 79.9. The van der Waals surface area contributed by atoms with Crippen LogP contribution in [0.25, 0.3) is 10.9 Å². The molecule has 0 saturated heterocycles. The van der Waals surface area contributed by atoms with E-state index < -0.39 is 0 Å². The van der Waals surface area contributed by atoms with Crippen molar-refractivity contribution >= 4 is 49.9 Å². The lowest BCUT2D eigenvalue weighted by molar-refractivity contribution is 0.919. The molecule has 3 rings (SSSR count). The molecule has 0 aliphatic heterocycles. The molecule has 1 fully saturated rings. The third-order valence-electron chi connectivity index (χ3n) is 2.84. The van der Waals surface area contributed by atoms with Gasteiger partial charge in [0.05, 0.1) is 11.2 Å². The maximum absolute atomic E-state index is 5.28. The molecule has 0 atom stereocenters. The van der Waals surface area contributed by atoms with Crippen molar-refractivity contribution in [3.05, 3.63) is 34.9 Å². The van der Waals surface area contributed by atoms with Gasteiger partial charge in [0.15, 0.2) is 5.11 Å². The van der Waals surface area contributed by atoms with Gasteiger partial charge in [-0.2, -0.15) is 0 Å². The number of nitrogens with one attached hydrogen (secondary N) is 2. The molecule has 18 heavy (non-hydrogen) atoms. The maximum atomic E-state index is 5.28. The minimum atomic E-state index is 0.557. The Kier molecular flexibility index (Phi) is 3.18. The lowest BCUT2D eigenvalue weighted by atomic mass is 10.2. The molecule has 0 radical (unpaired) electrons. The van der Waals surface area contributed by atoms with Crippen molar-refractivity contribution in [3.63, 3.8) is 0 Å². The molecule has 0 amide bonds. The fraction of sp³-hybridized carbons (Fsp3) is 0.231. The van der Waals surface area contributed by atoms with E-state index in [1.54, 1.807) is 6.20 Å². The first-order chi connectivity index (χ1) is 8.72. The summed E-state index contributed by atoms with van der Waals surface area (Å²) in [7, 11) is 0. The van der Waals surface area contributed by atoms with Crippen LogP contribution in [0, 0.1) is 0 Å². The highest BCUT2D eigenvalue weighted by Gasteiger charge is 2.21. The van der Waals surface area contributed by atoms with Crippen molar-refractivity contribution in [1.29, 1.82) is 0 Å². The zero-order valence-corrected chi connectivity index (χ0v) is 12.0. The second-order valence-electron chi connectivity index (χ2n) is 4.40. The molecule has 2 aromatic rings. The number of aromatic nitrogens is 1. The van der Waals surface area contributed by atoms with Crippen LogP contribution in [0.2, 0.25) is 0 Å². The average Bonchev–Trinajstić information content (AvgIpc) is 3.12. The van der Waals surface area contributed by atoms with Crippen LogP contribution in [0.3, 0.4) is 0 Å². The number of pyridine rings is 1. The third kappa shape index (κ3) is 2.62. The standard InChI is InChI=1S/C13H12BrN3S/c14-9-6-8-2-1-3-11(12(8)15-7-9)17-13(18)16-10-4-5-10/h1-3,6-7,10H,4-5H2,(H2,16,17,18). The van der Waals surface area contributed by atoms with Crippen molar-refractivity contribution in [1.82, 2.24) is 10.3 Å². The van der Waals surface area contributed by atoms with E-state index in [4.69, 9.17) is 12.2 Å². The maximum Gasteiger partial charge on any atom is 0.171 e. The second kappa shape index (κ2) is 4.82. The van der Waals surface area contributed by atoms with Crippen LogP contribution in [0.1, 0.15) is 12.8 Å². The van der Waals surface area contributed by atoms with Gasteiger partial charge >= 0.3 is 0 Å². The van der Waals surface area contributed by atoms with Crippen LogP contribution in [0.5, 0.6) is 0 Å². The summed E-state index contributed by atoms with van der Waals surface area (Å²) < 4.78 is 0.978. The van der Waals surface area contributed by atoms with Crippen LogP contribution < -0.4 is 10.6 Å². The van der Waals surface area contributed by atoms with Crippen molar-refractivity contribution in [2.45, 2.75) is 18.9 Å². The van der Waals surface area contributed by atoms with Crippen LogP contribution in [0.15, 0.2) is 34.9 Å². The second-order valence-corrected chi connectivity index (χ2v) is 5.73. The minimum absolute atomic E-state index is 0.557. The number of benzene rings is 1. The number of fused-ring (bicyclic) bond motifs is 1. The van der Waals surface area contributed by atoms with Gasteiger partial charge in [-0.25, -0.2) is 0 Å². The Morgan fingerprint density at radius 2 is 2.22 bits per heavy atom. The SMILES string of the molecule is S=C(Nc1cccc2cc(Br)cnc12)NC1CC1. The van der Waals surface area contributed by atoms with Gasteiger partial charge in [0.25, 0.3) is 0 Å². The molecule has 1 aliphatic rings. The van der Waals surface area contributed by atoms with Gasteiger partial charge in [-0.05, 0) is 53.1 Å². The molecule has 92 valence electrons. The zero-order valence-electron chi connectivity index (χ0n) is 9.61. The summed E-state index contributed by atoms with van der Waals surface area (Å²) in [5, 5.41) is 8.24. The molecule has 3 nitrogen and oxygen atoms in total. The van der Waals surface area contributed by atoms with Gasteiger partial charge in [-0.3, -0.25) is 4.98 Å². The van der Waals surface area contributed by atoms with Crippen molar-refractivity contribution < 1.29 is 0 Å². The Morgan fingerprint density at radius 3 is 3.00 bits per heavy atom. The van der Waals surface area contributed by atoms with Crippen molar-refractivity contribution in [2.75, 3.05) is 5.32 Å². The molecule has 0 unspecified atom stereocenters. The molecule has 1 aromatic carbocycles. The lowest BCUT2D eigenvalue weighted by Crippen LogP contribution is -2.30. The predicted octanol–water partition coefficient (Wildman–Crippen LogP) is 3.45. The van der Waals surface area contributed by atoms with Gasteiger partial charge in [0.1, 0.15) is 0 Å². The molecule has 2 N–H and O–H groups in total. The smallest absolute Gasteiger partial charge is 0.171 e.